The highest BCUT2D eigenvalue weighted by Gasteiger charge is 2.10. The van der Waals surface area contributed by atoms with E-state index in [2.05, 4.69) is 5.32 Å². The monoisotopic (exact) mass is 235 g/mol. The summed E-state index contributed by atoms with van der Waals surface area (Å²) in [6, 6.07) is 9.86. The number of alkyl halides is 1. The summed E-state index contributed by atoms with van der Waals surface area (Å²) in [5.74, 6) is 0.453. The summed E-state index contributed by atoms with van der Waals surface area (Å²) in [5.41, 5.74) is 1.10. The Bertz CT molecular complexity index is 241. The molecule has 0 saturated carbocycles. The molecule has 0 aliphatic carbocycles. The number of aliphatic hydroxyl groups is 1. The first kappa shape index (κ1) is 13.7. The van der Waals surface area contributed by atoms with Gasteiger partial charge in [-0.2, -0.15) is 0 Å². The smallest absolute Gasteiger partial charge is 0.102 e. The van der Waals surface area contributed by atoms with Gasteiger partial charge in [0.15, 0.2) is 0 Å². The predicted molar refractivity (Wildman–Crippen MR) is 62.0 cm³/mol. The van der Waals surface area contributed by atoms with Crippen molar-refractivity contribution >= 4 is 24.0 Å². The highest BCUT2D eigenvalue weighted by Crippen LogP contribution is 2.14. The molecule has 14 heavy (non-hydrogen) atoms. The summed E-state index contributed by atoms with van der Waals surface area (Å²) in [6.45, 7) is 1.68. The Labute approximate surface area is 95.7 Å². The lowest BCUT2D eigenvalue weighted by atomic mass is 10.1. The lowest BCUT2D eigenvalue weighted by Gasteiger charge is -2.18. The third-order valence-electron chi connectivity index (χ3n) is 1.80. The zero-order chi connectivity index (χ0) is 9.68. The van der Waals surface area contributed by atoms with Gasteiger partial charge in [0.1, 0.15) is 6.23 Å². The maximum Gasteiger partial charge on any atom is 0.102 e. The molecule has 0 spiro atoms. The summed E-state index contributed by atoms with van der Waals surface area (Å²) in [4.78, 5) is 0. The van der Waals surface area contributed by atoms with E-state index in [0.29, 0.717) is 5.88 Å². The van der Waals surface area contributed by atoms with Crippen LogP contribution in [0.4, 0.5) is 0 Å². The lowest BCUT2D eigenvalue weighted by molar-refractivity contribution is 0.144. The van der Waals surface area contributed by atoms with E-state index in [4.69, 9.17) is 16.7 Å². The third-order valence-corrected chi connectivity index (χ3v) is 2.11. The number of hydrogen-bond acceptors (Lipinski definition) is 2. The molecule has 0 amide bonds. The average molecular weight is 236 g/mol. The first-order valence-corrected chi connectivity index (χ1v) is 4.82. The molecule has 2 N–H and O–H groups in total. The van der Waals surface area contributed by atoms with E-state index in [-0.39, 0.29) is 18.4 Å². The van der Waals surface area contributed by atoms with E-state index in [9.17, 15) is 0 Å². The predicted octanol–water partition coefficient (Wildman–Crippen LogP) is 2.32. The van der Waals surface area contributed by atoms with E-state index in [1.54, 1.807) is 6.92 Å². The number of hydrogen-bond donors (Lipinski definition) is 2. The maximum atomic E-state index is 9.15. The topological polar surface area (TPSA) is 32.3 Å². The van der Waals surface area contributed by atoms with Crippen molar-refractivity contribution in [2.24, 2.45) is 0 Å². The van der Waals surface area contributed by atoms with Crippen LogP contribution in [0.25, 0.3) is 0 Å². The molecule has 0 heterocycles. The Kier molecular flexibility index (Phi) is 6.93. The Balaban J connectivity index is 0.00000169. The van der Waals surface area contributed by atoms with Crippen LogP contribution in [0, 0.1) is 0 Å². The van der Waals surface area contributed by atoms with Gasteiger partial charge in [0.2, 0.25) is 0 Å². The fourth-order valence-electron chi connectivity index (χ4n) is 1.21. The van der Waals surface area contributed by atoms with Crippen molar-refractivity contribution in [1.82, 2.24) is 5.32 Å². The normalized spacial score (nSPS) is 14.2. The van der Waals surface area contributed by atoms with E-state index >= 15 is 0 Å². The van der Waals surface area contributed by atoms with Crippen LogP contribution in [-0.2, 0) is 0 Å². The molecule has 1 aromatic carbocycles. The third kappa shape index (κ3) is 4.29. The molecule has 1 rings (SSSR count). The van der Waals surface area contributed by atoms with Crippen LogP contribution >= 0.6 is 24.0 Å². The lowest BCUT2D eigenvalue weighted by Crippen LogP contribution is -2.31. The quantitative estimate of drug-likeness (QED) is 0.621. The van der Waals surface area contributed by atoms with Crippen LogP contribution < -0.4 is 5.32 Å². The number of aliphatic hydroxyl groups excluding tert-OH is 1. The highest BCUT2D eigenvalue weighted by molar-refractivity contribution is 6.18. The molecule has 1 unspecified atom stereocenters. The van der Waals surface area contributed by atoms with Crippen LogP contribution in [-0.4, -0.2) is 17.2 Å². The fraction of sp³-hybridized carbons (Fsp3) is 0.400. The standard InChI is InChI=1S/C10H14ClNO.ClH/c1-8(13)12-10(7-11)9-5-3-2-4-6-9;/h2-6,8,10,12-13H,7H2,1H3;1H/t8?,10-;/m1./s1. The number of nitrogens with one attached hydrogen (secondary N) is 1. The summed E-state index contributed by atoms with van der Waals surface area (Å²) < 4.78 is 0. The SMILES string of the molecule is CC(O)N[C@H](CCl)c1ccccc1.Cl. The molecular weight excluding hydrogens is 221 g/mol. The number of halogens is 2. The largest absolute Gasteiger partial charge is 0.379 e. The van der Waals surface area contributed by atoms with Gasteiger partial charge in [-0.3, -0.25) is 5.32 Å². The van der Waals surface area contributed by atoms with Crippen LogP contribution in [0.3, 0.4) is 0 Å². The average Bonchev–Trinajstić information content (AvgIpc) is 2.15. The van der Waals surface area contributed by atoms with Crippen molar-refractivity contribution in [3.8, 4) is 0 Å². The Hall–Kier alpha value is -0.280. The molecular formula is C10H15Cl2NO. The molecule has 2 atom stereocenters. The van der Waals surface area contributed by atoms with Gasteiger partial charge < -0.3 is 5.11 Å². The minimum atomic E-state index is -0.538. The number of benzene rings is 1. The van der Waals surface area contributed by atoms with Gasteiger partial charge in [-0.05, 0) is 12.5 Å². The minimum absolute atomic E-state index is 0. The molecule has 0 aromatic heterocycles. The van der Waals surface area contributed by atoms with Crippen molar-refractivity contribution < 1.29 is 5.11 Å². The zero-order valence-corrected chi connectivity index (χ0v) is 9.55. The molecule has 80 valence electrons. The molecule has 0 radical (unpaired) electrons. The maximum absolute atomic E-state index is 9.15. The van der Waals surface area contributed by atoms with Crippen molar-refractivity contribution in [1.29, 1.82) is 0 Å². The molecule has 4 heteroatoms. The Morgan fingerprint density at radius 3 is 2.36 bits per heavy atom. The van der Waals surface area contributed by atoms with Crippen molar-refractivity contribution in [2.45, 2.75) is 19.2 Å². The molecule has 1 aromatic rings. The minimum Gasteiger partial charge on any atom is -0.379 e. The molecule has 0 saturated heterocycles. The van der Waals surface area contributed by atoms with Gasteiger partial charge in [-0.15, -0.1) is 24.0 Å². The Morgan fingerprint density at radius 1 is 1.36 bits per heavy atom. The second-order valence-corrected chi connectivity index (χ2v) is 3.27. The Morgan fingerprint density at radius 2 is 1.93 bits per heavy atom. The summed E-state index contributed by atoms with van der Waals surface area (Å²) in [5, 5.41) is 12.1. The van der Waals surface area contributed by atoms with E-state index in [0.717, 1.165) is 5.56 Å². The molecule has 0 aliphatic rings. The molecule has 0 bridgehead atoms. The zero-order valence-electron chi connectivity index (χ0n) is 7.98. The van der Waals surface area contributed by atoms with E-state index < -0.39 is 6.23 Å². The first-order valence-electron chi connectivity index (χ1n) is 4.29. The fourth-order valence-corrected chi connectivity index (χ4v) is 1.47. The van der Waals surface area contributed by atoms with Gasteiger partial charge in [0, 0.05) is 11.9 Å². The van der Waals surface area contributed by atoms with Crippen LogP contribution in [0.2, 0.25) is 0 Å². The van der Waals surface area contributed by atoms with Crippen molar-refractivity contribution in [3.63, 3.8) is 0 Å². The van der Waals surface area contributed by atoms with E-state index in [1.807, 2.05) is 30.3 Å². The summed E-state index contributed by atoms with van der Waals surface area (Å²) in [7, 11) is 0. The highest BCUT2D eigenvalue weighted by atomic mass is 35.5. The van der Waals surface area contributed by atoms with Crippen molar-refractivity contribution in [3.05, 3.63) is 35.9 Å². The van der Waals surface area contributed by atoms with Gasteiger partial charge in [0.05, 0.1) is 0 Å². The number of rotatable bonds is 4. The van der Waals surface area contributed by atoms with Gasteiger partial charge >= 0.3 is 0 Å². The second-order valence-electron chi connectivity index (χ2n) is 2.96. The summed E-state index contributed by atoms with van der Waals surface area (Å²) in [6.07, 6.45) is -0.538. The summed E-state index contributed by atoms with van der Waals surface area (Å²) >= 11 is 5.77. The van der Waals surface area contributed by atoms with Crippen molar-refractivity contribution in [2.75, 3.05) is 5.88 Å². The van der Waals surface area contributed by atoms with Gasteiger partial charge in [-0.25, -0.2) is 0 Å². The molecule has 2 nitrogen and oxygen atoms in total. The van der Waals surface area contributed by atoms with Crippen LogP contribution in [0.5, 0.6) is 0 Å². The van der Waals surface area contributed by atoms with Gasteiger partial charge in [-0.1, -0.05) is 30.3 Å². The van der Waals surface area contributed by atoms with E-state index in [1.165, 1.54) is 0 Å². The molecule has 0 aliphatic heterocycles. The second kappa shape index (κ2) is 7.07. The van der Waals surface area contributed by atoms with Crippen LogP contribution in [0.15, 0.2) is 30.3 Å². The first-order chi connectivity index (χ1) is 6.24. The molecule has 0 fully saturated rings. The van der Waals surface area contributed by atoms with Crippen LogP contribution in [0.1, 0.15) is 18.5 Å². The van der Waals surface area contributed by atoms with Gasteiger partial charge in [0.25, 0.3) is 0 Å².